The first-order chi connectivity index (χ1) is 16.0. The highest BCUT2D eigenvalue weighted by Gasteiger charge is 2.48. The second-order valence-electron chi connectivity index (χ2n) is 10.7. The minimum atomic E-state index is -1.12. The molecule has 0 radical (unpaired) electrons. The lowest BCUT2D eigenvalue weighted by atomic mass is 9.95. The van der Waals surface area contributed by atoms with E-state index in [1.165, 1.54) is 0 Å². The van der Waals surface area contributed by atoms with E-state index in [-0.39, 0.29) is 24.0 Å². The van der Waals surface area contributed by atoms with E-state index in [1.807, 2.05) is 35.2 Å². The standard InChI is InChI=1S/C27H45N3O4/c1-8-13-20(14-9-2)30-24(18(3)4)29-22(25(30)32)23(31)21(17-19-15-11-10-12-16-19)28-26(33)34-27(5,6)7/h10-12,15-16,18,20-24,29,31H,8-9,13-14,17H2,1-7H3,(H,28,33)/t21-,22?,23+,24?/m0/s1. The zero-order chi connectivity index (χ0) is 25.5. The molecular formula is C27H45N3O4. The predicted molar refractivity (Wildman–Crippen MR) is 135 cm³/mol. The molecule has 0 spiro atoms. The number of aliphatic hydroxyl groups excluding tert-OH is 1. The maximum absolute atomic E-state index is 13.7. The third kappa shape index (κ3) is 7.70. The topological polar surface area (TPSA) is 90.9 Å². The lowest BCUT2D eigenvalue weighted by Gasteiger charge is -2.34. The lowest BCUT2D eigenvalue weighted by molar-refractivity contribution is -0.135. The van der Waals surface area contributed by atoms with Gasteiger partial charge in [-0.15, -0.1) is 0 Å². The molecule has 1 aromatic carbocycles. The summed E-state index contributed by atoms with van der Waals surface area (Å²) < 4.78 is 5.45. The molecule has 4 atom stereocenters. The van der Waals surface area contributed by atoms with Crippen LogP contribution in [0, 0.1) is 5.92 Å². The van der Waals surface area contributed by atoms with Gasteiger partial charge in [-0.2, -0.15) is 0 Å². The maximum Gasteiger partial charge on any atom is 0.407 e. The SMILES string of the molecule is CCCC(CCC)N1C(=O)C([C@H](O)[C@H](Cc2ccccc2)NC(=O)OC(C)(C)C)NC1C(C)C. The minimum absolute atomic E-state index is 0.0952. The maximum atomic E-state index is 13.7. The van der Waals surface area contributed by atoms with E-state index < -0.39 is 29.9 Å². The number of nitrogens with one attached hydrogen (secondary N) is 2. The molecule has 1 fully saturated rings. The van der Waals surface area contributed by atoms with E-state index in [0.717, 1.165) is 31.2 Å². The molecule has 0 aliphatic carbocycles. The molecule has 0 aromatic heterocycles. The molecule has 2 amide bonds. The van der Waals surface area contributed by atoms with Crippen molar-refractivity contribution in [3.63, 3.8) is 0 Å². The smallest absolute Gasteiger partial charge is 0.407 e. The number of carbonyl (C=O) groups excluding carboxylic acids is 2. The Hall–Kier alpha value is -2.12. The molecule has 2 rings (SSSR count). The van der Waals surface area contributed by atoms with Crippen molar-refractivity contribution >= 4 is 12.0 Å². The zero-order valence-corrected chi connectivity index (χ0v) is 22.0. The quantitative estimate of drug-likeness (QED) is 0.445. The zero-order valence-electron chi connectivity index (χ0n) is 22.0. The van der Waals surface area contributed by atoms with Gasteiger partial charge in [-0.3, -0.25) is 10.1 Å². The van der Waals surface area contributed by atoms with Crippen LogP contribution in [-0.4, -0.2) is 58.0 Å². The molecule has 2 unspecified atom stereocenters. The van der Waals surface area contributed by atoms with Crippen molar-refractivity contribution < 1.29 is 19.4 Å². The highest BCUT2D eigenvalue weighted by molar-refractivity contribution is 5.85. The molecule has 3 N–H and O–H groups in total. The van der Waals surface area contributed by atoms with E-state index in [2.05, 4.69) is 38.3 Å². The second-order valence-corrected chi connectivity index (χ2v) is 10.7. The van der Waals surface area contributed by atoms with Crippen LogP contribution < -0.4 is 10.6 Å². The number of nitrogens with zero attached hydrogens (tertiary/aromatic N) is 1. The Bertz CT molecular complexity index is 772. The van der Waals surface area contributed by atoms with Gasteiger partial charge in [-0.25, -0.2) is 4.79 Å². The first kappa shape index (κ1) is 28.1. The normalized spacial score (nSPS) is 20.6. The Morgan fingerprint density at radius 3 is 2.24 bits per heavy atom. The monoisotopic (exact) mass is 475 g/mol. The molecule has 7 heteroatoms. The molecule has 192 valence electrons. The summed E-state index contributed by atoms with van der Waals surface area (Å²) in [6.45, 7) is 13.8. The van der Waals surface area contributed by atoms with Crippen LogP contribution in [0.4, 0.5) is 4.79 Å². The number of hydrogen-bond acceptors (Lipinski definition) is 5. The summed E-state index contributed by atoms with van der Waals surface area (Å²) in [5.41, 5.74) is 0.293. The molecule has 0 bridgehead atoms. The molecule has 1 aliphatic rings. The van der Waals surface area contributed by atoms with Crippen LogP contribution in [0.1, 0.15) is 79.7 Å². The first-order valence-electron chi connectivity index (χ1n) is 12.8. The number of benzene rings is 1. The summed E-state index contributed by atoms with van der Waals surface area (Å²) in [5, 5.41) is 17.7. The summed E-state index contributed by atoms with van der Waals surface area (Å²) in [4.78, 5) is 28.3. The van der Waals surface area contributed by atoms with Crippen molar-refractivity contribution in [1.82, 2.24) is 15.5 Å². The Morgan fingerprint density at radius 1 is 1.15 bits per heavy atom. The van der Waals surface area contributed by atoms with Gasteiger partial charge in [0, 0.05) is 6.04 Å². The van der Waals surface area contributed by atoms with Crippen molar-refractivity contribution in [3.05, 3.63) is 35.9 Å². The Labute approximate surface area is 205 Å². The van der Waals surface area contributed by atoms with E-state index >= 15 is 0 Å². The van der Waals surface area contributed by atoms with Gasteiger partial charge in [0.25, 0.3) is 0 Å². The summed E-state index contributed by atoms with van der Waals surface area (Å²) in [7, 11) is 0. The Kier molecular flexibility index (Phi) is 10.4. The van der Waals surface area contributed by atoms with E-state index in [1.54, 1.807) is 20.8 Å². The summed E-state index contributed by atoms with van der Waals surface area (Å²) in [6.07, 6.45) is 2.34. The van der Waals surface area contributed by atoms with Gasteiger partial charge >= 0.3 is 6.09 Å². The number of aliphatic hydroxyl groups is 1. The average molecular weight is 476 g/mol. The van der Waals surface area contributed by atoms with Crippen molar-refractivity contribution in [1.29, 1.82) is 0 Å². The van der Waals surface area contributed by atoms with Crippen molar-refractivity contribution in [2.75, 3.05) is 0 Å². The average Bonchev–Trinajstić information content (AvgIpc) is 3.09. The number of carbonyl (C=O) groups is 2. The third-order valence-electron chi connectivity index (χ3n) is 6.19. The van der Waals surface area contributed by atoms with Gasteiger partial charge in [-0.1, -0.05) is 70.9 Å². The largest absolute Gasteiger partial charge is 0.444 e. The molecule has 1 saturated heterocycles. The van der Waals surface area contributed by atoms with Crippen LogP contribution in [0.25, 0.3) is 0 Å². The molecule has 1 heterocycles. The highest BCUT2D eigenvalue weighted by Crippen LogP contribution is 2.27. The van der Waals surface area contributed by atoms with Gasteiger partial charge in [0.05, 0.1) is 18.3 Å². The molecule has 1 aromatic rings. The molecule has 7 nitrogen and oxygen atoms in total. The van der Waals surface area contributed by atoms with Crippen LogP contribution in [0.5, 0.6) is 0 Å². The highest BCUT2D eigenvalue weighted by atomic mass is 16.6. The van der Waals surface area contributed by atoms with Crippen LogP contribution in [0.15, 0.2) is 30.3 Å². The molecular weight excluding hydrogens is 430 g/mol. The van der Waals surface area contributed by atoms with Gasteiger partial charge in [0.15, 0.2) is 0 Å². The van der Waals surface area contributed by atoms with Crippen LogP contribution in [0.2, 0.25) is 0 Å². The molecule has 34 heavy (non-hydrogen) atoms. The van der Waals surface area contributed by atoms with E-state index in [0.29, 0.717) is 6.42 Å². The number of alkyl carbamates (subject to hydrolysis) is 1. The number of hydrogen-bond donors (Lipinski definition) is 3. The van der Waals surface area contributed by atoms with Crippen LogP contribution >= 0.6 is 0 Å². The van der Waals surface area contributed by atoms with Gasteiger partial charge in [0.2, 0.25) is 5.91 Å². The Balaban J connectivity index is 2.31. The van der Waals surface area contributed by atoms with Gasteiger partial charge in [0.1, 0.15) is 11.6 Å². The van der Waals surface area contributed by atoms with Crippen LogP contribution in [0.3, 0.4) is 0 Å². The van der Waals surface area contributed by atoms with Crippen molar-refractivity contribution in [3.8, 4) is 0 Å². The summed E-state index contributed by atoms with van der Waals surface area (Å²) in [6, 6.07) is 8.29. The minimum Gasteiger partial charge on any atom is -0.444 e. The molecule has 1 aliphatic heterocycles. The summed E-state index contributed by atoms with van der Waals surface area (Å²) >= 11 is 0. The lowest BCUT2D eigenvalue weighted by Crippen LogP contribution is -2.55. The molecule has 0 saturated carbocycles. The van der Waals surface area contributed by atoms with E-state index in [4.69, 9.17) is 4.74 Å². The fourth-order valence-corrected chi connectivity index (χ4v) is 4.70. The van der Waals surface area contributed by atoms with Gasteiger partial charge in [-0.05, 0) is 51.5 Å². The van der Waals surface area contributed by atoms with E-state index in [9.17, 15) is 14.7 Å². The van der Waals surface area contributed by atoms with Gasteiger partial charge < -0.3 is 20.1 Å². The number of ether oxygens (including phenoxy) is 1. The van der Waals surface area contributed by atoms with Crippen LogP contribution in [-0.2, 0) is 16.0 Å². The van der Waals surface area contributed by atoms with Crippen molar-refractivity contribution in [2.24, 2.45) is 5.92 Å². The number of rotatable bonds is 11. The second kappa shape index (κ2) is 12.5. The third-order valence-corrected chi connectivity index (χ3v) is 6.19. The Morgan fingerprint density at radius 2 is 1.74 bits per heavy atom. The fourth-order valence-electron chi connectivity index (χ4n) is 4.70. The first-order valence-corrected chi connectivity index (χ1v) is 12.8. The number of amides is 2. The predicted octanol–water partition coefficient (Wildman–Crippen LogP) is 4.23. The van der Waals surface area contributed by atoms with Crippen molar-refractivity contribution in [2.45, 2.75) is 117 Å². The summed E-state index contributed by atoms with van der Waals surface area (Å²) in [5.74, 6) is 0.0888. The fraction of sp³-hybridized carbons (Fsp3) is 0.704.